The van der Waals surface area contributed by atoms with Gasteiger partial charge in [0, 0.05) is 32.0 Å². The molecule has 0 unspecified atom stereocenters. The number of aliphatic carboxylic acids is 1. The minimum absolute atomic E-state index is 0.0177. The van der Waals surface area contributed by atoms with Crippen LogP contribution in [0, 0.1) is 0 Å². The highest BCUT2D eigenvalue weighted by atomic mass is 32.2. The Morgan fingerprint density at radius 2 is 1.68 bits per heavy atom. The number of unbranched alkanes of at least 4 members (excludes halogenated alkanes) is 1. The number of hydrogen-bond donors (Lipinski definition) is 1. The van der Waals surface area contributed by atoms with Gasteiger partial charge >= 0.3 is 12.1 Å². The number of piperidine rings is 1. The van der Waals surface area contributed by atoms with Crippen LogP contribution in [0.2, 0.25) is 0 Å². The number of nitrogens with zero attached hydrogens (tertiary/aromatic N) is 2. The highest BCUT2D eigenvalue weighted by Gasteiger charge is 2.39. The summed E-state index contributed by atoms with van der Waals surface area (Å²) in [6.45, 7) is -1.15. The molecule has 0 aromatic heterocycles. The van der Waals surface area contributed by atoms with Crippen molar-refractivity contribution in [3.63, 3.8) is 0 Å². The summed E-state index contributed by atoms with van der Waals surface area (Å²) in [5, 5.41) is 8.53. The Hall–Kier alpha value is -1.36. The maximum atomic E-state index is 12.6. The lowest BCUT2D eigenvalue weighted by Gasteiger charge is -2.37. The van der Waals surface area contributed by atoms with Crippen LogP contribution in [0.5, 0.6) is 0 Å². The number of carbonyl (C=O) groups excluding carboxylic acids is 1. The number of hydrogen-bond acceptors (Lipinski definition) is 4. The lowest BCUT2D eigenvalue weighted by molar-refractivity contribution is -0.143. The molecule has 0 radical (unpaired) electrons. The molecule has 1 aliphatic rings. The molecule has 1 aliphatic heterocycles. The number of alkyl halides is 3. The molecule has 1 heterocycles. The normalized spacial score (nSPS) is 17.1. The van der Waals surface area contributed by atoms with Gasteiger partial charge in [-0.15, -0.1) is 0 Å². The van der Waals surface area contributed by atoms with Crippen molar-refractivity contribution in [2.24, 2.45) is 0 Å². The predicted molar refractivity (Wildman–Crippen MR) is 83.3 cm³/mol. The van der Waals surface area contributed by atoms with E-state index < -0.39 is 34.8 Å². The Bertz CT molecular complexity index is 572. The third kappa shape index (κ3) is 8.04. The van der Waals surface area contributed by atoms with Crippen molar-refractivity contribution in [1.82, 2.24) is 9.21 Å². The van der Waals surface area contributed by atoms with Crippen molar-refractivity contribution < 1.29 is 36.3 Å². The van der Waals surface area contributed by atoms with E-state index in [2.05, 4.69) is 0 Å². The van der Waals surface area contributed by atoms with Crippen LogP contribution in [-0.4, -0.2) is 72.7 Å². The molecule has 25 heavy (non-hydrogen) atoms. The zero-order chi connectivity index (χ0) is 19.3. The minimum Gasteiger partial charge on any atom is -0.481 e. The van der Waals surface area contributed by atoms with Crippen LogP contribution in [0.4, 0.5) is 13.2 Å². The number of carbonyl (C=O) groups is 2. The Kier molecular flexibility index (Phi) is 7.66. The summed E-state index contributed by atoms with van der Waals surface area (Å²) >= 11 is 0. The first-order valence-corrected chi connectivity index (χ1v) is 9.78. The highest BCUT2D eigenvalue weighted by molar-refractivity contribution is 7.88. The van der Waals surface area contributed by atoms with Gasteiger partial charge in [0.1, 0.15) is 6.54 Å². The van der Waals surface area contributed by atoms with Gasteiger partial charge < -0.3 is 10.0 Å². The highest BCUT2D eigenvalue weighted by Crippen LogP contribution is 2.25. The molecule has 1 amide bonds. The van der Waals surface area contributed by atoms with Crippen molar-refractivity contribution >= 4 is 21.9 Å². The standard InChI is InChI=1S/C14H23F3N2O5S/c1-25(23,24)19(10-14(15,16)17)11-6-8-18(9-7-11)12(20)4-2-3-5-13(21)22/h11H,2-10H2,1H3,(H,21,22). The lowest BCUT2D eigenvalue weighted by Crippen LogP contribution is -2.51. The van der Waals surface area contributed by atoms with Crippen LogP contribution in [-0.2, 0) is 19.6 Å². The maximum Gasteiger partial charge on any atom is 0.402 e. The van der Waals surface area contributed by atoms with E-state index in [-0.39, 0.29) is 44.7 Å². The SMILES string of the molecule is CS(=O)(=O)N(CC(F)(F)F)C1CCN(C(=O)CCCCC(=O)O)CC1. The molecule has 1 rings (SSSR count). The number of halogens is 3. The molecule has 0 aliphatic carbocycles. The fourth-order valence-electron chi connectivity index (χ4n) is 2.81. The molecule has 1 fully saturated rings. The van der Waals surface area contributed by atoms with E-state index in [0.29, 0.717) is 17.1 Å². The number of carboxylic acids is 1. The molecule has 0 bridgehead atoms. The van der Waals surface area contributed by atoms with Crippen LogP contribution in [0.15, 0.2) is 0 Å². The number of rotatable bonds is 8. The second-order valence-corrected chi connectivity index (χ2v) is 8.07. The van der Waals surface area contributed by atoms with E-state index >= 15 is 0 Å². The van der Waals surface area contributed by atoms with E-state index in [1.807, 2.05) is 0 Å². The van der Waals surface area contributed by atoms with E-state index in [1.165, 1.54) is 4.90 Å². The first kappa shape index (κ1) is 21.7. The Morgan fingerprint density at radius 3 is 2.12 bits per heavy atom. The van der Waals surface area contributed by atoms with Crippen molar-refractivity contribution in [3.05, 3.63) is 0 Å². The van der Waals surface area contributed by atoms with Crippen molar-refractivity contribution in [1.29, 1.82) is 0 Å². The van der Waals surface area contributed by atoms with Crippen LogP contribution < -0.4 is 0 Å². The monoisotopic (exact) mass is 388 g/mol. The van der Waals surface area contributed by atoms with Crippen LogP contribution in [0.25, 0.3) is 0 Å². The number of carboxylic acid groups (broad SMARTS) is 1. The first-order valence-electron chi connectivity index (χ1n) is 7.93. The van der Waals surface area contributed by atoms with Gasteiger partial charge in [-0.05, 0) is 25.7 Å². The summed E-state index contributed by atoms with van der Waals surface area (Å²) in [6.07, 6.45) is -2.63. The molecule has 0 aromatic rings. The Balaban J connectivity index is 2.52. The number of amides is 1. The molecular formula is C14H23F3N2O5S. The lowest BCUT2D eigenvalue weighted by atomic mass is 10.0. The molecule has 1 saturated heterocycles. The fraction of sp³-hybridized carbons (Fsp3) is 0.857. The predicted octanol–water partition coefficient (Wildman–Crippen LogP) is 1.45. The van der Waals surface area contributed by atoms with Gasteiger partial charge in [0.15, 0.2) is 0 Å². The van der Waals surface area contributed by atoms with E-state index in [1.54, 1.807) is 0 Å². The van der Waals surface area contributed by atoms with Gasteiger partial charge in [0.25, 0.3) is 0 Å². The summed E-state index contributed by atoms with van der Waals surface area (Å²) in [5.41, 5.74) is 0. The summed E-state index contributed by atoms with van der Waals surface area (Å²) < 4.78 is 61.6. The molecular weight excluding hydrogens is 365 g/mol. The molecule has 7 nitrogen and oxygen atoms in total. The molecule has 0 aromatic carbocycles. The van der Waals surface area contributed by atoms with Crippen LogP contribution in [0.1, 0.15) is 38.5 Å². The third-order valence-corrected chi connectivity index (χ3v) is 5.30. The molecule has 146 valence electrons. The average Bonchev–Trinajstić information content (AvgIpc) is 2.47. The van der Waals surface area contributed by atoms with Gasteiger partial charge in [-0.25, -0.2) is 8.42 Å². The zero-order valence-corrected chi connectivity index (χ0v) is 14.8. The third-order valence-electron chi connectivity index (χ3n) is 4.02. The van der Waals surface area contributed by atoms with E-state index in [4.69, 9.17) is 5.11 Å². The smallest absolute Gasteiger partial charge is 0.402 e. The van der Waals surface area contributed by atoms with Crippen molar-refractivity contribution in [2.45, 2.75) is 50.7 Å². The fourth-order valence-corrected chi connectivity index (χ4v) is 3.94. The van der Waals surface area contributed by atoms with E-state index in [9.17, 15) is 31.2 Å². The summed E-state index contributed by atoms with van der Waals surface area (Å²) in [4.78, 5) is 23.9. The summed E-state index contributed by atoms with van der Waals surface area (Å²) in [6, 6.07) is -0.785. The minimum atomic E-state index is -4.62. The molecule has 0 saturated carbocycles. The maximum absolute atomic E-state index is 12.6. The summed E-state index contributed by atoms with van der Waals surface area (Å²) in [5.74, 6) is -1.12. The van der Waals surface area contributed by atoms with Crippen molar-refractivity contribution in [3.8, 4) is 0 Å². The quantitative estimate of drug-likeness (QED) is 0.635. The number of sulfonamides is 1. The van der Waals surface area contributed by atoms with Gasteiger partial charge in [0.05, 0.1) is 6.26 Å². The Morgan fingerprint density at radius 1 is 1.16 bits per heavy atom. The summed E-state index contributed by atoms with van der Waals surface area (Å²) in [7, 11) is -4.01. The molecule has 11 heteroatoms. The molecule has 0 atom stereocenters. The van der Waals surface area contributed by atoms with Gasteiger partial charge in [-0.3, -0.25) is 9.59 Å². The molecule has 1 N–H and O–H groups in total. The second kappa shape index (κ2) is 8.84. The topological polar surface area (TPSA) is 95.0 Å². The first-order chi connectivity index (χ1) is 11.4. The van der Waals surface area contributed by atoms with Crippen LogP contribution in [0.3, 0.4) is 0 Å². The number of likely N-dealkylation sites (tertiary alicyclic amines) is 1. The van der Waals surface area contributed by atoms with Gasteiger partial charge in [-0.2, -0.15) is 17.5 Å². The molecule has 0 spiro atoms. The van der Waals surface area contributed by atoms with Gasteiger partial charge in [0.2, 0.25) is 15.9 Å². The average molecular weight is 388 g/mol. The Labute approximate surface area is 144 Å². The van der Waals surface area contributed by atoms with Crippen molar-refractivity contribution in [2.75, 3.05) is 25.9 Å². The van der Waals surface area contributed by atoms with E-state index in [0.717, 1.165) is 6.26 Å². The van der Waals surface area contributed by atoms with Gasteiger partial charge in [-0.1, -0.05) is 0 Å². The zero-order valence-electron chi connectivity index (χ0n) is 14.0. The second-order valence-electron chi connectivity index (χ2n) is 6.14. The van der Waals surface area contributed by atoms with Crippen LogP contribution >= 0.6 is 0 Å². The largest absolute Gasteiger partial charge is 0.481 e.